The minimum absolute atomic E-state index is 0.201. The molecule has 0 radical (unpaired) electrons. The molecule has 1 aliphatic heterocycles. The third kappa shape index (κ3) is 4.35. The molecule has 2 N–H and O–H groups in total. The molecule has 7 heteroatoms. The molecule has 3 aromatic carbocycles. The van der Waals surface area contributed by atoms with Crippen molar-refractivity contribution in [1.82, 2.24) is 5.32 Å². The smallest absolute Gasteiger partial charge is 0.255 e. The highest BCUT2D eigenvalue weighted by atomic mass is 19.1. The summed E-state index contributed by atoms with van der Waals surface area (Å²) in [5.41, 5.74) is 2.20. The first-order valence-electron chi connectivity index (χ1n) is 8.92. The Morgan fingerprint density at radius 1 is 0.828 bits per heavy atom. The Morgan fingerprint density at radius 3 is 2.21 bits per heavy atom. The lowest BCUT2D eigenvalue weighted by atomic mass is 10.1. The van der Waals surface area contributed by atoms with Gasteiger partial charge in [-0.1, -0.05) is 6.07 Å². The minimum atomic E-state index is -0.376. The molecule has 4 rings (SSSR count). The molecule has 6 nitrogen and oxygen atoms in total. The van der Waals surface area contributed by atoms with Crippen LogP contribution in [-0.4, -0.2) is 18.6 Å². The third-order valence-electron chi connectivity index (χ3n) is 4.40. The number of hydrogen-bond donors (Lipinski definition) is 2. The molecule has 0 atom stereocenters. The van der Waals surface area contributed by atoms with E-state index in [9.17, 15) is 14.0 Å². The average molecular weight is 392 g/mol. The largest absolute Gasteiger partial charge is 0.454 e. The molecule has 1 aliphatic rings. The van der Waals surface area contributed by atoms with Crippen molar-refractivity contribution in [1.29, 1.82) is 0 Å². The molecule has 0 unspecified atom stereocenters. The SMILES string of the molecule is O=C(NCc1ccc2c(c1)OCO2)c1ccc(C(=O)Nc2ccc(F)cc2)cc1. The number of halogens is 1. The summed E-state index contributed by atoms with van der Waals surface area (Å²) >= 11 is 0. The molecule has 3 aromatic rings. The number of fused-ring (bicyclic) bond motifs is 1. The first-order valence-corrected chi connectivity index (χ1v) is 8.92. The predicted molar refractivity (Wildman–Crippen MR) is 105 cm³/mol. The van der Waals surface area contributed by atoms with Gasteiger partial charge in [0.2, 0.25) is 6.79 Å². The molecule has 0 bridgehead atoms. The number of amides is 2. The van der Waals surface area contributed by atoms with Gasteiger partial charge in [0, 0.05) is 23.4 Å². The van der Waals surface area contributed by atoms with Crippen LogP contribution in [0.4, 0.5) is 10.1 Å². The fraction of sp³-hybridized carbons (Fsp3) is 0.0909. The molecule has 1 heterocycles. The maximum Gasteiger partial charge on any atom is 0.255 e. The number of nitrogens with one attached hydrogen (secondary N) is 2. The third-order valence-corrected chi connectivity index (χ3v) is 4.40. The Balaban J connectivity index is 1.35. The summed E-state index contributed by atoms with van der Waals surface area (Å²) in [6.45, 7) is 0.536. The second-order valence-electron chi connectivity index (χ2n) is 6.41. The number of rotatable bonds is 5. The number of benzene rings is 3. The van der Waals surface area contributed by atoms with Crippen LogP contribution < -0.4 is 20.1 Å². The fourth-order valence-electron chi connectivity index (χ4n) is 2.84. The van der Waals surface area contributed by atoms with Crippen LogP contribution >= 0.6 is 0 Å². The zero-order chi connectivity index (χ0) is 20.2. The van der Waals surface area contributed by atoms with Gasteiger partial charge in [0.25, 0.3) is 11.8 Å². The van der Waals surface area contributed by atoms with E-state index in [-0.39, 0.29) is 24.4 Å². The molecule has 0 saturated carbocycles. The molecule has 0 aliphatic carbocycles. The van der Waals surface area contributed by atoms with Crippen LogP contribution in [0.1, 0.15) is 26.3 Å². The molecule has 0 aromatic heterocycles. The molecule has 2 amide bonds. The van der Waals surface area contributed by atoms with Crippen LogP contribution in [0.5, 0.6) is 11.5 Å². The summed E-state index contributed by atoms with van der Waals surface area (Å²) in [6.07, 6.45) is 0. The topological polar surface area (TPSA) is 76.7 Å². The number of anilines is 1. The van der Waals surface area contributed by atoms with Gasteiger partial charge >= 0.3 is 0 Å². The van der Waals surface area contributed by atoms with Crippen molar-refractivity contribution < 1.29 is 23.5 Å². The Hall–Kier alpha value is -3.87. The first kappa shape index (κ1) is 18.5. The van der Waals surface area contributed by atoms with E-state index in [1.54, 1.807) is 30.3 Å². The van der Waals surface area contributed by atoms with Crippen molar-refractivity contribution in [2.75, 3.05) is 12.1 Å². The Morgan fingerprint density at radius 2 is 1.48 bits per heavy atom. The highest BCUT2D eigenvalue weighted by molar-refractivity contribution is 6.05. The fourth-order valence-corrected chi connectivity index (χ4v) is 2.84. The summed E-state index contributed by atoms with van der Waals surface area (Å²) in [6, 6.07) is 17.3. The highest BCUT2D eigenvalue weighted by Crippen LogP contribution is 2.32. The van der Waals surface area contributed by atoms with Gasteiger partial charge in [0.1, 0.15) is 5.82 Å². The summed E-state index contributed by atoms with van der Waals surface area (Å²) in [4.78, 5) is 24.6. The van der Waals surface area contributed by atoms with Gasteiger partial charge in [-0.2, -0.15) is 0 Å². The van der Waals surface area contributed by atoms with Gasteiger partial charge in [0.05, 0.1) is 0 Å². The van der Waals surface area contributed by atoms with Gasteiger partial charge < -0.3 is 20.1 Å². The number of hydrogen-bond acceptors (Lipinski definition) is 4. The Kier molecular flexibility index (Phi) is 5.11. The van der Waals surface area contributed by atoms with Crippen molar-refractivity contribution in [2.45, 2.75) is 6.54 Å². The molecule has 0 fully saturated rings. The zero-order valence-electron chi connectivity index (χ0n) is 15.3. The van der Waals surface area contributed by atoms with E-state index in [1.165, 1.54) is 24.3 Å². The number of carbonyl (C=O) groups is 2. The van der Waals surface area contributed by atoms with E-state index >= 15 is 0 Å². The monoisotopic (exact) mass is 392 g/mol. The molecular formula is C22H17FN2O4. The van der Waals surface area contributed by atoms with Gasteiger partial charge in [-0.25, -0.2) is 4.39 Å². The van der Waals surface area contributed by atoms with E-state index in [2.05, 4.69) is 10.6 Å². The van der Waals surface area contributed by atoms with Gasteiger partial charge in [-0.3, -0.25) is 9.59 Å². The molecule has 146 valence electrons. The van der Waals surface area contributed by atoms with Crippen molar-refractivity contribution in [3.63, 3.8) is 0 Å². The molecular weight excluding hydrogens is 375 g/mol. The van der Waals surface area contributed by atoms with Crippen LogP contribution in [0.15, 0.2) is 66.7 Å². The lowest BCUT2D eigenvalue weighted by Crippen LogP contribution is -2.23. The summed E-state index contributed by atoms with van der Waals surface area (Å²) in [7, 11) is 0. The second kappa shape index (κ2) is 8.02. The van der Waals surface area contributed by atoms with Crippen molar-refractivity contribution in [3.05, 3.63) is 89.2 Å². The maximum atomic E-state index is 12.9. The zero-order valence-corrected chi connectivity index (χ0v) is 15.3. The van der Waals surface area contributed by atoms with Crippen molar-refractivity contribution in [2.24, 2.45) is 0 Å². The van der Waals surface area contributed by atoms with Crippen LogP contribution in [0, 0.1) is 5.82 Å². The highest BCUT2D eigenvalue weighted by Gasteiger charge is 2.14. The normalized spacial score (nSPS) is 11.8. The quantitative estimate of drug-likeness (QED) is 0.694. The van der Waals surface area contributed by atoms with Crippen LogP contribution in [0.2, 0.25) is 0 Å². The molecule has 0 spiro atoms. The summed E-state index contributed by atoms with van der Waals surface area (Å²) in [5, 5.41) is 5.50. The molecule has 0 saturated heterocycles. The van der Waals surface area contributed by atoms with E-state index in [4.69, 9.17) is 9.47 Å². The van der Waals surface area contributed by atoms with Crippen LogP contribution in [0.3, 0.4) is 0 Å². The summed E-state index contributed by atoms with van der Waals surface area (Å²) < 4.78 is 23.5. The van der Waals surface area contributed by atoms with E-state index in [0.29, 0.717) is 34.9 Å². The predicted octanol–water partition coefficient (Wildman–Crippen LogP) is 3.74. The lowest BCUT2D eigenvalue weighted by Gasteiger charge is -2.08. The Bertz CT molecular complexity index is 1050. The van der Waals surface area contributed by atoms with E-state index in [1.807, 2.05) is 12.1 Å². The van der Waals surface area contributed by atoms with Gasteiger partial charge in [-0.15, -0.1) is 0 Å². The van der Waals surface area contributed by atoms with Gasteiger partial charge in [0.15, 0.2) is 11.5 Å². The maximum absolute atomic E-state index is 12.9. The standard InChI is InChI=1S/C22H17FN2O4/c23-17-6-8-18(9-7-17)25-22(27)16-4-2-15(3-5-16)21(26)24-12-14-1-10-19-20(11-14)29-13-28-19/h1-11H,12-13H2,(H,24,26)(H,25,27). The van der Waals surface area contributed by atoms with Crippen LogP contribution in [0.25, 0.3) is 0 Å². The van der Waals surface area contributed by atoms with Gasteiger partial charge in [-0.05, 0) is 66.2 Å². The van der Waals surface area contributed by atoms with Crippen molar-refractivity contribution >= 4 is 17.5 Å². The van der Waals surface area contributed by atoms with Crippen LogP contribution in [-0.2, 0) is 6.54 Å². The number of carbonyl (C=O) groups excluding carboxylic acids is 2. The Labute approximate surface area is 166 Å². The van der Waals surface area contributed by atoms with E-state index in [0.717, 1.165) is 5.56 Å². The lowest BCUT2D eigenvalue weighted by molar-refractivity contribution is 0.0949. The van der Waals surface area contributed by atoms with E-state index < -0.39 is 0 Å². The molecule has 29 heavy (non-hydrogen) atoms. The minimum Gasteiger partial charge on any atom is -0.454 e. The average Bonchev–Trinajstić information content (AvgIpc) is 3.21. The van der Waals surface area contributed by atoms with Crippen molar-refractivity contribution in [3.8, 4) is 11.5 Å². The first-order chi connectivity index (χ1) is 14.1. The number of ether oxygens (including phenoxy) is 2. The summed E-state index contributed by atoms with van der Waals surface area (Å²) in [5.74, 6) is 0.374. The second-order valence-corrected chi connectivity index (χ2v) is 6.41.